The molecule has 2 saturated heterocycles. The van der Waals surface area contributed by atoms with E-state index in [0.29, 0.717) is 45.0 Å². The number of rotatable bonds is 4. The first kappa shape index (κ1) is 17.8. The maximum absolute atomic E-state index is 12.7. The predicted molar refractivity (Wildman–Crippen MR) is 89.6 cm³/mol. The van der Waals surface area contributed by atoms with Gasteiger partial charge in [-0.1, -0.05) is 0 Å². The van der Waals surface area contributed by atoms with Gasteiger partial charge in [-0.05, 0) is 24.3 Å². The van der Waals surface area contributed by atoms with Crippen molar-refractivity contribution in [2.24, 2.45) is 0 Å². The summed E-state index contributed by atoms with van der Waals surface area (Å²) in [6.45, 7) is 3.44. The minimum atomic E-state index is -3.62. The number of nitrogens with zero attached hydrogens (tertiary/aromatic N) is 3. The highest BCUT2D eigenvalue weighted by molar-refractivity contribution is 7.89. The summed E-state index contributed by atoms with van der Waals surface area (Å²) in [7, 11) is -3.62. The molecule has 0 N–H and O–H groups in total. The molecular formula is C16H21N3O5S. The van der Waals surface area contributed by atoms with E-state index in [1.165, 1.54) is 16.4 Å². The van der Waals surface area contributed by atoms with Gasteiger partial charge >= 0.3 is 0 Å². The van der Waals surface area contributed by atoms with Crippen LogP contribution in [0, 0.1) is 0 Å². The number of sulfonamides is 1. The highest BCUT2D eigenvalue weighted by atomic mass is 32.2. The number of ether oxygens (including phenoxy) is 1. The molecule has 0 radical (unpaired) electrons. The Hall–Kier alpha value is -1.97. The van der Waals surface area contributed by atoms with Crippen LogP contribution in [0.1, 0.15) is 10.4 Å². The van der Waals surface area contributed by atoms with Crippen molar-refractivity contribution in [3.63, 3.8) is 0 Å². The second kappa shape index (κ2) is 7.51. The molecule has 8 nitrogen and oxygen atoms in total. The van der Waals surface area contributed by atoms with Crippen LogP contribution in [0.3, 0.4) is 0 Å². The normalized spacial score (nSPS) is 19.7. The lowest BCUT2D eigenvalue weighted by Gasteiger charge is -2.31. The third-order valence-electron chi connectivity index (χ3n) is 4.46. The fourth-order valence-electron chi connectivity index (χ4n) is 2.92. The van der Waals surface area contributed by atoms with E-state index in [9.17, 15) is 18.0 Å². The third kappa shape index (κ3) is 3.83. The first-order chi connectivity index (χ1) is 12.0. The molecule has 2 fully saturated rings. The van der Waals surface area contributed by atoms with Crippen LogP contribution in [-0.4, -0.2) is 87.3 Å². The second-order valence-corrected chi connectivity index (χ2v) is 7.91. The smallest absolute Gasteiger partial charge is 0.254 e. The van der Waals surface area contributed by atoms with Crippen molar-refractivity contribution in [3.05, 3.63) is 29.8 Å². The molecule has 9 heteroatoms. The lowest BCUT2D eigenvalue weighted by molar-refractivity contribution is -0.119. The molecule has 1 aromatic rings. The number of carbonyl (C=O) groups is 2. The SMILES string of the molecule is O=CN1CCN(S(=O)(=O)c2ccc(C(=O)N3CCOCC3)cc2)CC1. The van der Waals surface area contributed by atoms with Crippen LogP contribution in [0.2, 0.25) is 0 Å². The molecule has 0 spiro atoms. The Morgan fingerprint density at radius 3 is 2.12 bits per heavy atom. The highest BCUT2D eigenvalue weighted by Gasteiger charge is 2.28. The number of hydrogen-bond donors (Lipinski definition) is 0. The summed E-state index contributed by atoms with van der Waals surface area (Å²) in [4.78, 5) is 26.5. The summed E-state index contributed by atoms with van der Waals surface area (Å²) in [5.74, 6) is -0.119. The van der Waals surface area contributed by atoms with Gasteiger partial charge in [0.05, 0.1) is 18.1 Å². The van der Waals surface area contributed by atoms with Gasteiger partial charge in [-0.25, -0.2) is 8.42 Å². The Kier molecular flexibility index (Phi) is 5.36. The molecule has 0 aliphatic carbocycles. The van der Waals surface area contributed by atoms with Crippen LogP contribution in [0.4, 0.5) is 0 Å². The third-order valence-corrected chi connectivity index (χ3v) is 6.37. The summed E-state index contributed by atoms with van der Waals surface area (Å²) in [6, 6.07) is 6.03. The zero-order valence-electron chi connectivity index (χ0n) is 13.8. The Balaban J connectivity index is 1.70. The Bertz CT molecular complexity index is 721. The van der Waals surface area contributed by atoms with E-state index in [2.05, 4.69) is 0 Å². The average Bonchev–Trinajstić information content (AvgIpc) is 2.68. The maximum atomic E-state index is 12.7. The fraction of sp³-hybridized carbons (Fsp3) is 0.500. The molecule has 0 atom stereocenters. The molecule has 2 aliphatic heterocycles. The molecule has 0 saturated carbocycles. The fourth-order valence-corrected chi connectivity index (χ4v) is 4.34. The molecule has 0 aromatic heterocycles. The number of piperazine rings is 1. The van der Waals surface area contributed by atoms with Gasteiger partial charge in [-0.2, -0.15) is 4.31 Å². The standard InChI is InChI=1S/C16H21N3O5S/c20-13-17-5-7-19(8-6-17)25(22,23)15-3-1-14(2-4-15)16(21)18-9-11-24-12-10-18/h1-4,13H,5-12H2. The number of benzene rings is 1. The van der Waals surface area contributed by atoms with Crippen molar-refractivity contribution < 1.29 is 22.7 Å². The summed E-state index contributed by atoms with van der Waals surface area (Å²) in [5.41, 5.74) is 0.464. The molecule has 2 aliphatic rings. The van der Waals surface area contributed by atoms with Crippen molar-refractivity contribution in [2.75, 3.05) is 52.5 Å². The molecule has 1 aromatic carbocycles. The number of carbonyl (C=O) groups excluding carboxylic acids is 2. The molecule has 2 amide bonds. The van der Waals surface area contributed by atoms with Gasteiger partial charge in [0.25, 0.3) is 5.91 Å². The van der Waals surface area contributed by atoms with Crippen molar-refractivity contribution in [3.8, 4) is 0 Å². The summed E-state index contributed by atoms with van der Waals surface area (Å²) >= 11 is 0. The van der Waals surface area contributed by atoms with Crippen molar-refractivity contribution in [2.45, 2.75) is 4.90 Å². The van der Waals surface area contributed by atoms with Crippen molar-refractivity contribution in [1.29, 1.82) is 0 Å². The van der Waals surface area contributed by atoms with E-state index in [1.54, 1.807) is 21.9 Å². The van der Waals surface area contributed by atoms with E-state index in [4.69, 9.17) is 4.74 Å². The highest BCUT2D eigenvalue weighted by Crippen LogP contribution is 2.19. The number of morpholine rings is 1. The zero-order valence-corrected chi connectivity index (χ0v) is 14.7. The van der Waals surface area contributed by atoms with E-state index in [1.807, 2.05) is 0 Å². The minimum absolute atomic E-state index is 0.119. The van der Waals surface area contributed by atoms with Gasteiger partial charge in [0.15, 0.2) is 0 Å². The topological polar surface area (TPSA) is 87.2 Å². The number of amides is 2. The van der Waals surface area contributed by atoms with Gasteiger partial charge < -0.3 is 14.5 Å². The van der Waals surface area contributed by atoms with Crippen LogP contribution in [-0.2, 0) is 19.6 Å². The predicted octanol–water partition coefficient (Wildman–Crippen LogP) is -0.378. The van der Waals surface area contributed by atoms with Gasteiger partial charge in [0.1, 0.15) is 0 Å². The van der Waals surface area contributed by atoms with Gasteiger partial charge in [0, 0.05) is 44.8 Å². The van der Waals surface area contributed by atoms with Gasteiger partial charge in [-0.15, -0.1) is 0 Å². The van der Waals surface area contributed by atoms with E-state index >= 15 is 0 Å². The molecule has 2 heterocycles. The van der Waals surface area contributed by atoms with Crippen molar-refractivity contribution >= 4 is 22.3 Å². The van der Waals surface area contributed by atoms with Crippen LogP contribution in [0.5, 0.6) is 0 Å². The molecule has 0 bridgehead atoms. The molecule has 136 valence electrons. The van der Waals surface area contributed by atoms with Crippen LogP contribution in [0.25, 0.3) is 0 Å². The monoisotopic (exact) mass is 367 g/mol. The van der Waals surface area contributed by atoms with Crippen molar-refractivity contribution in [1.82, 2.24) is 14.1 Å². The average molecular weight is 367 g/mol. The number of hydrogen-bond acceptors (Lipinski definition) is 5. The maximum Gasteiger partial charge on any atom is 0.254 e. The van der Waals surface area contributed by atoms with E-state index in [0.717, 1.165) is 6.41 Å². The second-order valence-electron chi connectivity index (χ2n) is 5.97. The first-order valence-corrected chi connectivity index (χ1v) is 9.63. The molecule has 3 rings (SSSR count). The summed E-state index contributed by atoms with van der Waals surface area (Å²) in [6.07, 6.45) is 0.732. The van der Waals surface area contributed by atoms with Gasteiger partial charge in [0.2, 0.25) is 16.4 Å². The van der Waals surface area contributed by atoms with E-state index < -0.39 is 10.0 Å². The lowest BCUT2D eigenvalue weighted by Crippen LogP contribution is -2.47. The Morgan fingerprint density at radius 1 is 0.960 bits per heavy atom. The Labute approximate surface area is 147 Å². The quantitative estimate of drug-likeness (QED) is 0.677. The molecule has 25 heavy (non-hydrogen) atoms. The lowest BCUT2D eigenvalue weighted by atomic mass is 10.2. The zero-order chi connectivity index (χ0) is 17.9. The summed E-state index contributed by atoms with van der Waals surface area (Å²) < 4.78 is 31.9. The largest absolute Gasteiger partial charge is 0.378 e. The van der Waals surface area contributed by atoms with Crippen LogP contribution in [0.15, 0.2) is 29.2 Å². The van der Waals surface area contributed by atoms with Gasteiger partial charge in [-0.3, -0.25) is 9.59 Å². The Morgan fingerprint density at radius 2 is 1.56 bits per heavy atom. The molecular weight excluding hydrogens is 346 g/mol. The van der Waals surface area contributed by atoms with E-state index in [-0.39, 0.29) is 23.9 Å². The first-order valence-electron chi connectivity index (χ1n) is 8.19. The molecule has 0 unspecified atom stereocenters. The van der Waals surface area contributed by atoms with Crippen LogP contribution < -0.4 is 0 Å². The van der Waals surface area contributed by atoms with Crippen LogP contribution >= 0.6 is 0 Å². The minimum Gasteiger partial charge on any atom is -0.378 e. The summed E-state index contributed by atoms with van der Waals surface area (Å²) in [5, 5.41) is 0.